The molecule has 0 spiro atoms. The first-order chi connectivity index (χ1) is 7.43. The molecule has 0 aliphatic heterocycles. The largest absolute Gasteiger partial charge is 0.481 e. The molecular formula is C11H13BrFNO2. The summed E-state index contributed by atoms with van der Waals surface area (Å²) in [5.41, 5.74) is 6.60. The Hall–Kier alpha value is -0.940. The Morgan fingerprint density at radius 1 is 1.62 bits per heavy atom. The third kappa shape index (κ3) is 3.02. The quantitative estimate of drug-likeness (QED) is 0.896. The zero-order valence-corrected chi connectivity index (χ0v) is 10.4. The second-order valence-electron chi connectivity index (χ2n) is 3.61. The Morgan fingerprint density at radius 2 is 2.25 bits per heavy atom. The maximum absolute atomic E-state index is 13.8. The molecule has 0 radical (unpaired) electrons. The summed E-state index contributed by atoms with van der Waals surface area (Å²) in [4.78, 5) is 10.4. The first-order valence-corrected chi connectivity index (χ1v) is 5.64. The number of carbonyl (C=O) groups is 1. The van der Waals surface area contributed by atoms with Gasteiger partial charge in [-0.3, -0.25) is 4.79 Å². The second-order valence-corrected chi connectivity index (χ2v) is 4.47. The predicted molar refractivity (Wildman–Crippen MR) is 62.6 cm³/mol. The van der Waals surface area contributed by atoms with E-state index in [1.54, 1.807) is 19.1 Å². The van der Waals surface area contributed by atoms with Gasteiger partial charge in [-0.25, -0.2) is 4.39 Å². The molecule has 0 bridgehead atoms. The van der Waals surface area contributed by atoms with Crippen LogP contribution in [0.25, 0.3) is 0 Å². The Kier molecular flexibility index (Phi) is 4.44. The highest BCUT2D eigenvalue weighted by Gasteiger charge is 2.15. The molecule has 1 atom stereocenters. The Labute approximate surface area is 102 Å². The van der Waals surface area contributed by atoms with Crippen LogP contribution in [0, 0.1) is 12.7 Å². The average Bonchev–Trinajstić information content (AvgIpc) is 2.23. The normalized spacial score (nSPS) is 12.5. The van der Waals surface area contributed by atoms with E-state index in [0.717, 1.165) is 0 Å². The highest BCUT2D eigenvalue weighted by Crippen LogP contribution is 2.26. The number of rotatable bonds is 4. The minimum absolute atomic E-state index is 0.0598. The number of carboxylic acid groups (broad SMARTS) is 1. The van der Waals surface area contributed by atoms with Crippen LogP contribution in [0.1, 0.15) is 30.0 Å². The summed E-state index contributed by atoms with van der Waals surface area (Å²) < 4.78 is 14.5. The summed E-state index contributed by atoms with van der Waals surface area (Å²) in [5.74, 6) is -1.29. The average molecular weight is 290 g/mol. The van der Waals surface area contributed by atoms with Gasteiger partial charge in [0.1, 0.15) is 5.82 Å². The number of hydrogen-bond acceptors (Lipinski definition) is 2. The summed E-state index contributed by atoms with van der Waals surface area (Å²) in [5, 5.41) is 8.52. The first-order valence-electron chi connectivity index (χ1n) is 4.85. The Balaban J connectivity index is 2.87. The molecule has 0 heterocycles. The molecule has 1 rings (SSSR count). The fourth-order valence-electron chi connectivity index (χ4n) is 1.40. The molecule has 0 aliphatic rings. The van der Waals surface area contributed by atoms with Crippen LogP contribution < -0.4 is 5.73 Å². The predicted octanol–water partition coefficient (Wildman–Crippen LogP) is 2.76. The SMILES string of the molecule is Cc1c(Br)ccc(C(N)CCC(=O)O)c1F. The van der Waals surface area contributed by atoms with Gasteiger partial charge in [0.25, 0.3) is 0 Å². The van der Waals surface area contributed by atoms with Crippen molar-refractivity contribution in [2.45, 2.75) is 25.8 Å². The van der Waals surface area contributed by atoms with Crippen molar-refractivity contribution in [3.8, 4) is 0 Å². The van der Waals surface area contributed by atoms with Crippen molar-refractivity contribution in [3.63, 3.8) is 0 Å². The lowest BCUT2D eigenvalue weighted by Crippen LogP contribution is -2.14. The van der Waals surface area contributed by atoms with E-state index in [4.69, 9.17) is 10.8 Å². The Morgan fingerprint density at radius 3 is 2.81 bits per heavy atom. The number of halogens is 2. The topological polar surface area (TPSA) is 63.3 Å². The van der Waals surface area contributed by atoms with Crippen LogP contribution in [0.15, 0.2) is 16.6 Å². The fraction of sp³-hybridized carbons (Fsp3) is 0.364. The van der Waals surface area contributed by atoms with Gasteiger partial charge in [-0.05, 0) is 25.0 Å². The second kappa shape index (κ2) is 5.41. The van der Waals surface area contributed by atoms with E-state index in [-0.39, 0.29) is 18.7 Å². The highest BCUT2D eigenvalue weighted by atomic mass is 79.9. The number of nitrogens with two attached hydrogens (primary N) is 1. The van der Waals surface area contributed by atoms with E-state index in [1.165, 1.54) is 0 Å². The van der Waals surface area contributed by atoms with Gasteiger partial charge in [0.2, 0.25) is 0 Å². The van der Waals surface area contributed by atoms with Crippen molar-refractivity contribution in [1.29, 1.82) is 0 Å². The van der Waals surface area contributed by atoms with Crippen LogP contribution in [0.5, 0.6) is 0 Å². The Bertz CT molecular complexity index is 409. The summed E-state index contributed by atoms with van der Waals surface area (Å²) in [6.45, 7) is 1.65. The zero-order valence-electron chi connectivity index (χ0n) is 8.84. The molecule has 1 unspecified atom stereocenters. The van der Waals surface area contributed by atoms with Crippen molar-refractivity contribution in [3.05, 3.63) is 33.5 Å². The van der Waals surface area contributed by atoms with Gasteiger partial charge in [0.15, 0.2) is 0 Å². The molecule has 0 aromatic heterocycles. The monoisotopic (exact) mass is 289 g/mol. The van der Waals surface area contributed by atoms with E-state index in [9.17, 15) is 9.18 Å². The van der Waals surface area contributed by atoms with Gasteiger partial charge >= 0.3 is 5.97 Å². The number of hydrogen-bond donors (Lipinski definition) is 2. The first kappa shape index (κ1) is 13.1. The van der Waals surface area contributed by atoms with E-state index in [1.807, 2.05) is 0 Å². The maximum Gasteiger partial charge on any atom is 0.303 e. The van der Waals surface area contributed by atoms with Crippen LogP contribution in [-0.4, -0.2) is 11.1 Å². The smallest absolute Gasteiger partial charge is 0.303 e. The third-order valence-electron chi connectivity index (χ3n) is 2.42. The van der Waals surface area contributed by atoms with Crippen LogP contribution in [0.2, 0.25) is 0 Å². The van der Waals surface area contributed by atoms with Gasteiger partial charge in [0, 0.05) is 22.5 Å². The maximum atomic E-state index is 13.8. The number of benzene rings is 1. The highest BCUT2D eigenvalue weighted by molar-refractivity contribution is 9.10. The lowest BCUT2D eigenvalue weighted by Gasteiger charge is -2.13. The standard InChI is InChI=1S/C11H13BrFNO2/c1-6-8(12)3-2-7(11(6)13)9(14)4-5-10(15)16/h2-3,9H,4-5,14H2,1H3,(H,15,16). The lowest BCUT2D eigenvalue weighted by atomic mass is 10.0. The lowest BCUT2D eigenvalue weighted by molar-refractivity contribution is -0.137. The fourth-order valence-corrected chi connectivity index (χ4v) is 1.71. The van der Waals surface area contributed by atoms with Crippen LogP contribution in [-0.2, 0) is 4.79 Å². The molecule has 0 saturated carbocycles. The molecule has 0 fully saturated rings. The summed E-state index contributed by atoms with van der Waals surface area (Å²) >= 11 is 3.22. The van der Waals surface area contributed by atoms with E-state index >= 15 is 0 Å². The molecule has 1 aromatic rings. The van der Waals surface area contributed by atoms with Gasteiger partial charge in [-0.1, -0.05) is 22.0 Å². The summed E-state index contributed by atoms with van der Waals surface area (Å²) in [6.07, 6.45) is 0.170. The van der Waals surface area contributed by atoms with E-state index in [0.29, 0.717) is 15.6 Å². The summed E-state index contributed by atoms with van der Waals surface area (Å²) in [6, 6.07) is 2.72. The zero-order chi connectivity index (χ0) is 12.3. The summed E-state index contributed by atoms with van der Waals surface area (Å²) in [7, 11) is 0. The molecule has 0 saturated heterocycles. The molecule has 1 aromatic carbocycles. The van der Waals surface area contributed by atoms with Gasteiger partial charge in [-0.15, -0.1) is 0 Å². The molecule has 16 heavy (non-hydrogen) atoms. The van der Waals surface area contributed by atoms with Crippen LogP contribution in [0.3, 0.4) is 0 Å². The molecule has 0 amide bonds. The van der Waals surface area contributed by atoms with Crippen LogP contribution >= 0.6 is 15.9 Å². The minimum Gasteiger partial charge on any atom is -0.481 e. The molecule has 88 valence electrons. The van der Waals surface area contributed by atoms with Crippen molar-refractivity contribution >= 4 is 21.9 Å². The number of carboxylic acids is 1. The van der Waals surface area contributed by atoms with Gasteiger partial charge in [-0.2, -0.15) is 0 Å². The van der Waals surface area contributed by atoms with Crippen molar-refractivity contribution in [2.75, 3.05) is 0 Å². The number of aliphatic carboxylic acids is 1. The molecule has 3 nitrogen and oxygen atoms in total. The molecular weight excluding hydrogens is 277 g/mol. The van der Waals surface area contributed by atoms with Gasteiger partial charge in [0.05, 0.1) is 0 Å². The van der Waals surface area contributed by atoms with Gasteiger partial charge < -0.3 is 10.8 Å². The van der Waals surface area contributed by atoms with Crippen LogP contribution in [0.4, 0.5) is 4.39 Å². The van der Waals surface area contributed by atoms with E-state index < -0.39 is 12.0 Å². The molecule has 3 N–H and O–H groups in total. The van der Waals surface area contributed by atoms with Crippen molar-refractivity contribution in [1.82, 2.24) is 0 Å². The van der Waals surface area contributed by atoms with E-state index in [2.05, 4.69) is 15.9 Å². The molecule has 5 heteroatoms. The van der Waals surface area contributed by atoms with Crippen molar-refractivity contribution in [2.24, 2.45) is 5.73 Å². The van der Waals surface area contributed by atoms with Crippen molar-refractivity contribution < 1.29 is 14.3 Å². The minimum atomic E-state index is -0.926. The third-order valence-corrected chi connectivity index (χ3v) is 3.28. The molecule has 0 aliphatic carbocycles.